The number of aromatic nitrogens is 3. The minimum atomic E-state index is 0.373. The fourth-order valence-corrected chi connectivity index (χ4v) is 2.42. The molecule has 1 N–H and O–H groups in total. The van der Waals surface area contributed by atoms with Crippen LogP contribution in [0.25, 0.3) is 5.69 Å². The first kappa shape index (κ1) is 11.3. The second kappa shape index (κ2) is 4.12. The highest BCUT2D eigenvalue weighted by atomic mass is 15.3. The summed E-state index contributed by atoms with van der Waals surface area (Å²) in [6, 6.07) is 6.46. The van der Waals surface area contributed by atoms with E-state index in [1.54, 1.807) is 0 Å². The van der Waals surface area contributed by atoms with Gasteiger partial charge in [-0.15, -0.1) is 0 Å². The van der Waals surface area contributed by atoms with E-state index in [4.69, 9.17) is 0 Å². The van der Waals surface area contributed by atoms with Crippen molar-refractivity contribution in [3.8, 4) is 5.69 Å². The third-order valence-electron chi connectivity index (χ3n) is 3.30. The van der Waals surface area contributed by atoms with Gasteiger partial charge in [0.15, 0.2) is 0 Å². The quantitative estimate of drug-likeness (QED) is 0.880. The van der Waals surface area contributed by atoms with Gasteiger partial charge in [-0.3, -0.25) is 0 Å². The summed E-state index contributed by atoms with van der Waals surface area (Å²) in [5.41, 5.74) is 3.73. The van der Waals surface area contributed by atoms with Gasteiger partial charge in [-0.1, -0.05) is 13.8 Å². The maximum Gasteiger partial charge on any atom is 0.148 e. The van der Waals surface area contributed by atoms with Gasteiger partial charge >= 0.3 is 0 Å². The maximum absolute atomic E-state index is 4.52. The van der Waals surface area contributed by atoms with Gasteiger partial charge in [-0.2, -0.15) is 5.10 Å². The van der Waals surface area contributed by atoms with E-state index in [2.05, 4.69) is 47.4 Å². The monoisotopic (exact) mass is 242 g/mol. The van der Waals surface area contributed by atoms with E-state index in [-0.39, 0.29) is 0 Å². The summed E-state index contributed by atoms with van der Waals surface area (Å²) in [7, 11) is 0. The Bertz CT molecular complexity index is 583. The van der Waals surface area contributed by atoms with Gasteiger partial charge in [-0.25, -0.2) is 9.67 Å². The first-order valence-corrected chi connectivity index (χ1v) is 6.46. The highest BCUT2D eigenvalue weighted by Crippen LogP contribution is 2.26. The predicted molar refractivity (Wildman–Crippen MR) is 72.4 cm³/mol. The fourth-order valence-electron chi connectivity index (χ4n) is 2.42. The lowest BCUT2D eigenvalue weighted by Gasteiger charge is -2.09. The number of benzene rings is 1. The zero-order valence-electron chi connectivity index (χ0n) is 11.1. The molecule has 0 atom stereocenters. The molecule has 1 aromatic heterocycles. The van der Waals surface area contributed by atoms with Crippen molar-refractivity contribution in [1.82, 2.24) is 14.8 Å². The normalized spacial score (nSPS) is 13.8. The standard InChI is InChI=1S/C14H18N4/c1-9(2)14-16-10(3)17-18(14)12-4-5-13-11(8-12)6-7-15-13/h4-5,8-9,15H,6-7H2,1-3H3. The van der Waals surface area contributed by atoms with Crippen LogP contribution in [-0.2, 0) is 6.42 Å². The molecule has 0 bridgehead atoms. The summed E-state index contributed by atoms with van der Waals surface area (Å²) >= 11 is 0. The van der Waals surface area contributed by atoms with Gasteiger partial charge in [-0.05, 0) is 37.1 Å². The van der Waals surface area contributed by atoms with Gasteiger partial charge in [0.05, 0.1) is 5.69 Å². The second-order valence-electron chi connectivity index (χ2n) is 5.10. The van der Waals surface area contributed by atoms with Gasteiger partial charge < -0.3 is 5.32 Å². The third kappa shape index (κ3) is 1.78. The molecule has 0 aliphatic carbocycles. The Morgan fingerprint density at radius 3 is 2.94 bits per heavy atom. The molecular weight excluding hydrogens is 224 g/mol. The van der Waals surface area contributed by atoms with E-state index in [9.17, 15) is 0 Å². The van der Waals surface area contributed by atoms with Gasteiger partial charge in [0.25, 0.3) is 0 Å². The molecule has 1 aliphatic heterocycles. The summed E-state index contributed by atoms with van der Waals surface area (Å²) in [5, 5.41) is 7.89. The lowest BCUT2D eigenvalue weighted by Crippen LogP contribution is -2.05. The van der Waals surface area contributed by atoms with Crippen LogP contribution in [-0.4, -0.2) is 21.3 Å². The number of aryl methyl sites for hydroxylation is 1. The van der Waals surface area contributed by atoms with Crippen LogP contribution in [0.4, 0.5) is 5.69 Å². The number of fused-ring (bicyclic) bond motifs is 1. The molecule has 0 amide bonds. The van der Waals surface area contributed by atoms with Crippen molar-refractivity contribution in [2.24, 2.45) is 0 Å². The lowest BCUT2D eigenvalue weighted by molar-refractivity contribution is 0.713. The van der Waals surface area contributed by atoms with E-state index >= 15 is 0 Å². The maximum atomic E-state index is 4.52. The molecule has 2 heterocycles. The average Bonchev–Trinajstić information content (AvgIpc) is 2.93. The van der Waals surface area contributed by atoms with Crippen molar-refractivity contribution >= 4 is 5.69 Å². The molecule has 94 valence electrons. The van der Waals surface area contributed by atoms with Crippen molar-refractivity contribution in [2.75, 3.05) is 11.9 Å². The molecule has 1 aromatic carbocycles. The Morgan fingerprint density at radius 2 is 2.17 bits per heavy atom. The van der Waals surface area contributed by atoms with Crippen molar-refractivity contribution < 1.29 is 0 Å². The molecule has 2 aromatic rings. The lowest BCUT2D eigenvalue weighted by atomic mass is 10.1. The SMILES string of the molecule is Cc1nc(C(C)C)n(-c2ccc3c(c2)CCN3)n1. The number of anilines is 1. The number of hydrogen-bond donors (Lipinski definition) is 1. The zero-order valence-corrected chi connectivity index (χ0v) is 11.1. The first-order valence-electron chi connectivity index (χ1n) is 6.46. The van der Waals surface area contributed by atoms with Crippen LogP contribution in [0.1, 0.15) is 37.0 Å². The molecule has 0 saturated carbocycles. The third-order valence-corrected chi connectivity index (χ3v) is 3.30. The molecule has 4 heteroatoms. The van der Waals surface area contributed by atoms with Gasteiger partial charge in [0, 0.05) is 18.2 Å². The molecule has 1 aliphatic rings. The summed E-state index contributed by atoms with van der Waals surface area (Å²) in [6.07, 6.45) is 1.09. The van der Waals surface area contributed by atoms with Crippen LogP contribution in [0.3, 0.4) is 0 Å². The molecule has 0 spiro atoms. The van der Waals surface area contributed by atoms with Crippen LogP contribution in [0, 0.1) is 6.92 Å². The Morgan fingerprint density at radius 1 is 1.33 bits per heavy atom. The van der Waals surface area contributed by atoms with Crippen molar-refractivity contribution in [2.45, 2.75) is 33.1 Å². The topological polar surface area (TPSA) is 42.7 Å². The average molecular weight is 242 g/mol. The van der Waals surface area contributed by atoms with E-state index in [1.165, 1.54) is 11.3 Å². The summed E-state index contributed by atoms with van der Waals surface area (Å²) < 4.78 is 1.97. The second-order valence-corrected chi connectivity index (χ2v) is 5.10. The smallest absolute Gasteiger partial charge is 0.148 e. The van der Waals surface area contributed by atoms with Crippen molar-refractivity contribution in [1.29, 1.82) is 0 Å². The van der Waals surface area contributed by atoms with E-state index in [1.807, 2.05) is 11.6 Å². The summed E-state index contributed by atoms with van der Waals surface area (Å²) in [4.78, 5) is 4.52. The predicted octanol–water partition coefficient (Wildman–Crippen LogP) is 2.67. The van der Waals surface area contributed by atoms with E-state index in [0.717, 1.165) is 30.3 Å². The number of rotatable bonds is 2. The molecule has 3 rings (SSSR count). The molecule has 0 fully saturated rings. The van der Waals surface area contributed by atoms with Crippen LogP contribution in [0.2, 0.25) is 0 Å². The number of nitrogens with one attached hydrogen (secondary N) is 1. The summed E-state index contributed by atoms with van der Waals surface area (Å²) in [5.74, 6) is 2.23. The first-order chi connectivity index (χ1) is 8.65. The highest BCUT2D eigenvalue weighted by molar-refractivity contribution is 5.59. The van der Waals surface area contributed by atoms with Crippen molar-refractivity contribution in [3.63, 3.8) is 0 Å². The van der Waals surface area contributed by atoms with E-state index in [0.29, 0.717) is 5.92 Å². The van der Waals surface area contributed by atoms with Gasteiger partial charge in [0.1, 0.15) is 11.6 Å². The van der Waals surface area contributed by atoms with Crippen LogP contribution < -0.4 is 5.32 Å². The highest BCUT2D eigenvalue weighted by Gasteiger charge is 2.15. The molecule has 0 saturated heterocycles. The number of hydrogen-bond acceptors (Lipinski definition) is 3. The minimum Gasteiger partial charge on any atom is -0.384 e. The zero-order chi connectivity index (χ0) is 12.7. The molecule has 0 unspecified atom stereocenters. The van der Waals surface area contributed by atoms with Crippen molar-refractivity contribution in [3.05, 3.63) is 35.4 Å². The number of nitrogens with zero attached hydrogens (tertiary/aromatic N) is 3. The van der Waals surface area contributed by atoms with E-state index < -0.39 is 0 Å². The van der Waals surface area contributed by atoms with Crippen LogP contribution >= 0.6 is 0 Å². The van der Waals surface area contributed by atoms with Crippen LogP contribution in [0.5, 0.6) is 0 Å². The molecular formula is C14H18N4. The molecule has 18 heavy (non-hydrogen) atoms. The summed E-state index contributed by atoms with van der Waals surface area (Å²) in [6.45, 7) is 7.27. The largest absolute Gasteiger partial charge is 0.384 e. The Labute approximate surface area is 107 Å². The fraction of sp³-hybridized carbons (Fsp3) is 0.429. The molecule has 4 nitrogen and oxygen atoms in total. The Hall–Kier alpha value is -1.84. The van der Waals surface area contributed by atoms with Crippen LogP contribution in [0.15, 0.2) is 18.2 Å². The Kier molecular flexibility index (Phi) is 2.58. The molecule has 0 radical (unpaired) electrons. The minimum absolute atomic E-state index is 0.373. The van der Waals surface area contributed by atoms with Gasteiger partial charge in [0.2, 0.25) is 0 Å². The Balaban J connectivity index is 2.09.